The van der Waals surface area contributed by atoms with E-state index >= 15 is 0 Å². The van der Waals surface area contributed by atoms with Crippen LogP contribution < -0.4 is 5.73 Å². The molecule has 2 N–H and O–H groups in total. The van der Waals surface area contributed by atoms with E-state index in [4.69, 9.17) is 10.5 Å². The fourth-order valence-corrected chi connectivity index (χ4v) is 2.93. The van der Waals surface area contributed by atoms with E-state index in [1.165, 1.54) is 19.3 Å². The molecule has 92 valence electrons. The van der Waals surface area contributed by atoms with Crippen molar-refractivity contribution in [2.24, 2.45) is 11.7 Å². The van der Waals surface area contributed by atoms with Gasteiger partial charge in [-0.15, -0.1) is 0 Å². The summed E-state index contributed by atoms with van der Waals surface area (Å²) in [5, 5.41) is 0. The molecule has 1 amide bonds. The molecule has 0 bridgehead atoms. The minimum Gasteiger partial charge on any atom is -0.379 e. The minimum absolute atomic E-state index is 0.213. The molecule has 1 aliphatic heterocycles. The van der Waals surface area contributed by atoms with Crippen LogP contribution in [0.3, 0.4) is 0 Å². The summed E-state index contributed by atoms with van der Waals surface area (Å²) in [6.45, 7) is 2.72. The van der Waals surface area contributed by atoms with Gasteiger partial charge >= 0.3 is 0 Å². The maximum absolute atomic E-state index is 12.0. The number of ether oxygens (including phenoxy) is 1. The zero-order valence-corrected chi connectivity index (χ0v) is 9.86. The molecule has 0 unspecified atom stereocenters. The van der Waals surface area contributed by atoms with Crippen LogP contribution in [0.15, 0.2) is 0 Å². The number of nitrogens with zero attached hydrogens (tertiary/aromatic N) is 1. The first kappa shape index (κ1) is 11.9. The smallest absolute Gasteiger partial charge is 0.224 e. The van der Waals surface area contributed by atoms with Crippen molar-refractivity contribution in [2.45, 2.75) is 38.1 Å². The van der Waals surface area contributed by atoms with Gasteiger partial charge in [0.1, 0.15) is 0 Å². The highest BCUT2D eigenvalue weighted by Crippen LogP contribution is 2.30. The fourth-order valence-electron chi connectivity index (χ4n) is 2.93. The predicted molar refractivity (Wildman–Crippen MR) is 61.9 cm³/mol. The second-order valence-electron chi connectivity index (χ2n) is 4.81. The van der Waals surface area contributed by atoms with Gasteiger partial charge in [-0.1, -0.05) is 12.8 Å². The quantitative estimate of drug-likeness (QED) is 0.756. The Labute approximate surface area is 97.1 Å². The summed E-state index contributed by atoms with van der Waals surface area (Å²) in [6.07, 6.45) is 5.35. The van der Waals surface area contributed by atoms with Crippen LogP contribution in [0.25, 0.3) is 0 Å². The average molecular weight is 226 g/mol. The Hall–Kier alpha value is -0.610. The Morgan fingerprint density at radius 1 is 1.38 bits per heavy atom. The molecule has 2 atom stereocenters. The van der Waals surface area contributed by atoms with Gasteiger partial charge in [0.25, 0.3) is 0 Å². The van der Waals surface area contributed by atoms with E-state index in [1.807, 2.05) is 4.90 Å². The third kappa shape index (κ3) is 2.55. The molecule has 0 aromatic heterocycles. The summed E-state index contributed by atoms with van der Waals surface area (Å²) in [4.78, 5) is 14.0. The largest absolute Gasteiger partial charge is 0.379 e. The summed E-state index contributed by atoms with van der Waals surface area (Å²) in [6, 6.07) is 0.412. The lowest BCUT2D eigenvalue weighted by molar-refractivity contribution is -0.134. The summed E-state index contributed by atoms with van der Waals surface area (Å²) >= 11 is 0. The monoisotopic (exact) mass is 226 g/mol. The lowest BCUT2D eigenvalue weighted by Crippen LogP contribution is -2.46. The number of carbonyl (C=O) groups is 1. The van der Waals surface area contributed by atoms with Crippen molar-refractivity contribution in [2.75, 3.05) is 26.3 Å². The van der Waals surface area contributed by atoms with Crippen molar-refractivity contribution in [3.8, 4) is 0 Å². The number of amides is 1. The summed E-state index contributed by atoms with van der Waals surface area (Å²) in [5.74, 6) is 0.767. The molecule has 0 radical (unpaired) electrons. The van der Waals surface area contributed by atoms with E-state index < -0.39 is 0 Å². The molecule has 2 aliphatic rings. The van der Waals surface area contributed by atoms with Gasteiger partial charge in [0.15, 0.2) is 0 Å². The molecule has 16 heavy (non-hydrogen) atoms. The topological polar surface area (TPSA) is 55.6 Å². The van der Waals surface area contributed by atoms with Crippen molar-refractivity contribution < 1.29 is 9.53 Å². The van der Waals surface area contributed by atoms with E-state index in [2.05, 4.69) is 0 Å². The van der Waals surface area contributed by atoms with Gasteiger partial charge < -0.3 is 15.4 Å². The number of carbonyl (C=O) groups excluding carboxylic acids is 1. The first-order valence-corrected chi connectivity index (χ1v) is 6.40. The molecule has 1 aliphatic carbocycles. The maximum Gasteiger partial charge on any atom is 0.224 e. The first-order valence-electron chi connectivity index (χ1n) is 6.40. The maximum atomic E-state index is 12.0. The molecule has 0 aromatic carbocycles. The molecule has 4 nitrogen and oxygen atoms in total. The number of hydrogen-bond donors (Lipinski definition) is 1. The lowest BCUT2D eigenvalue weighted by atomic mass is 9.84. The Morgan fingerprint density at radius 2 is 2.19 bits per heavy atom. The molecule has 4 heteroatoms. The van der Waals surface area contributed by atoms with Crippen LogP contribution in [0.2, 0.25) is 0 Å². The van der Waals surface area contributed by atoms with Gasteiger partial charge in [-0.25, -0.2) is 0 Å². The fraction of sp³-hybridized carbons (Fsp3) is 0.917. The van der Waals surface area contributed by atoms with Crippen LogP contribution in [0.1, 0.15) is 32.1 Å². The van der Waals surface area contributed by atoms with Gasteiger partial charge in [-0.2, -0.15) is 0 Å². The van der Waals surface area contributed by atoms with E-state index in [0.29, 0.717) is 31.5 Å². The zero-order chi connectivity index (χ0) is 11.4. The average Bonchev–Trinajstić information content (AvgIpc) is 2.51. The molecular formula is C12H22N2O2. The van der Waals surface area contributed by atoms with Gasteiger partial charge in [-0.3, -0.25) is 4.79 Å². The third-order valence-electron chi connectivity index (χ3n) is 3.76. The van der Waals surface area contributed by atoms with Crippen LogP contribution in [0.5, 0.6) is 0 Å². The molecule has 1 heterocycles. The highest BCUT2D eigenvalue weighted by molar-refractivity contribution is 5.76. The van der Waals surface area contributed by atoms with E-state index in [9.17, 15) is 4.79 Å². The van der Waals surface area contributed by atoms with E-state index in [0.717, 1.165) is 19.6 Å². The van der Waals surface area contributed by atoms with Crippen molar-refractivity contribution in [3.05, 3.63) is 0 Å². The lowest BCUT2D eigenvalue weighted by Gasteiger charge is -2.37. The Morgan fingerprint density at radius 3 is 3.00 bits per heavy atom. The Balaban J connectivity index is 2.05. The number of rotatable bonds is 2. The summed E-state index contributed by atoms with van der Waals surface area (Å²) in [5.41, 5.74) is 5.46. The zero-order valence-electron chi connectivity index (χ0n) is 9.86. The van der Waals surface area contributed by atoms with Crippen LogP contribution >= 0.6 is 0 Å². The van der Waals surface area contributed by atoms with Crippen molar-refractivity contribution in [1.82, 2.24) is 4.90 Å². The summed E-state index contributed by atoms with van der Waals surface area (Å²) in [7, 11) is 0. The highest BCUT2D eigenvalue weighted by Gasteiger charge is 2.34. The normalized spacial score (nSPS) is 30.7. The molecule has 1 saturated carbocycles. The number of fused-ring (bicyclic) bond motifs is 1. The molecule has 2 fully saturated rings. The highest BCUT2D eigenvalue weighted by atomic mass is 16.5. The van der Waals surface area contributed by atoms with Crippen LogP contribution in [-0.4, -0.2) is 43.2 Å². The first-order chi connectivity index (χ1) is 7.83. The Kier molecular flexibility index (Phi) is 4.18. The van der Waals surface area contributed by atoms with Crippen LogP contribution in [0.4, 0.5) is 0 Å². The molecule has 2 rings (SSSR count). The molecule has 0 aromatic rings. The standard InChI is InChI=1S/C12H22N2O2/c13-6-5-12(15)14-7-8-16-9-10-3-1-2-4-11(10)14/h10-11H,1-9,13H2/t10-,11+/m0/s1. The molecule has 0 spiro atoms. The minimum atomic E-state index is 0.213. The molecule has 1 saturated heterocycles. The van der Waals surface area contributed by atoms with E-state index in [-0.39, 0.29) is 5.91 Å². The van der Waals surface area contributed by atoms with Crippen LogP contribution in [-0.2, 0) is 9.53 Å². The second kappa shape index (κ2) is 5.64. The number of nitrogens with two attached hydrogens (primary N) is 1. The SMILES string of the molecule is NCCC(=O)N1CCOC[C@@H]2CCCC[C@H]21. The predicted octanol–water partition coefficient (Wildman–Crippen LogP) is 0.753. The summed E-state index contributed by atoms with van der Waals surface area (Å²) < 4.78 is 5.60. The van der Waals surface area contributed by atoms with Crippen molar-refractivity contribution in [3.63, 3.8) is 0 Å². The third-order valence-corrected chi connectivity index (χ3v) is 3.76. The molecular weight excluding hydrogens is 204 g/mol. The van der Waals surface area contributed by atoms with Crippen LogP contribution in [0, 0.1) is 5.92 Å². The Bertz CT molecular complexity index is 245. The van der Waals surface area contributed by atoms with Gasteiger partial charge in [0, 0.05) is 31.5 Å². The van der Waals surface area contributed by atoms with Crippen molar-refractivity contribution in [1.29, 1.82) is 0 Å². The van der Waals surface area contributed by atoms with Gasteiger partial charge in [0.05, 0.1) is 13.2 Å². The van der Waals surface area contributed by atoms with Gasteiger partial charge in [0.2, 0.25) is 5.91 Å². The number of hydrogen-bond acceptors (Lipinski definition) is 3. The van der Waals surface area contributed by atoms with Gasteiger partial charge in [-0.05, 0) is 12.8 Å². The second-order valence-corrected chi connectivity index (χ2v) is 4.81. The van der Waals surface area contributed by atoms with Crippen molar-refractivity contribution >= 4 is 5.91 Å². The van der Waals surface area contributed by atoms with E-state index in [1.54, 1.807) is 0 Å².